The lowest BCUT2D eigenvalue weighted by Gasteiger charge is -2.30. The van der Waals surface area contributed by atoms with Crippen molar-refractivity contribution in [3.05, 3.63) is 0 Å². The molecule has 0 aliphatic heterocycles. The summed E-state index contributed by atoms with van der Waals surface area (Å²) in [5, 5.41) is 2.94. The fourth-order valence-corrected chi connectivity index (χ4v) is 3.16. The number of carbonyl (C=O) groups excluding carboxylic acids is 1. The zero-order valence-corrected chi connectivity index (χ0v) is 16.4. The van der Waals surface area contributed by atoms with Crippen molar-refractivity contribution in [2.75, 3.05) is 0 Å². The van der Waals surface area contributed by atoms with Gasteiger partial charge in [-0.1, -0.05) is 4.40 Å². The third-order valence-corrected chi connectivity index (χ3v) is 5.29. The van der Waals surface area contributed by atoms with E-state index in [-0.39, 0.29) is 16.9 Å². The number of nitrogens with zero attached hydrogens (tertiary/aromatic N) is 1. The predicted octanol–water partition coefficient (Wildman–Crippen LogP) is 3.99. The summed E-state index contributed by atoms with van der Waals surface area (Å²) in [5.41, 5.74) is 0.496. The fraction of sp³-hybridized carbons (Fsp3) is 0.882. The van der Waals surface area contributed by atoms with Crippen molar-refractivity contribution < 1.29 is 14.1 Å². The van der Waals surface area contributed by atoms with E-state index in [1.54, 1.807) is 0 Å². The van der Waals surface area contributed by atoms with Crippen LogP contribution in [0.15, 0.2) is 4.40 Å². The summed E-state index contributed by atoms with van der Waals surface area (Å²) in [6.07, 6.45) is 3.37. The lowest BCUT2D eigenvalue weighted by Crippen LogP contribution is -2.41. The molecular weight excluding hydrogens is 312 g/mol. The summed E-state index contributed by atoms with van der Waals surface area (Å²) < 4.78 is 21.5. The average Bonchev–Trinajstić information content (AvgIpc) is 2.35. The van der Waals surface area contributed by atoms with Crippen molar-refractivity contribution in [1.82, 2.24) is 5.32 Å². The Hall–Kier alpha value is -0.750. The number of rotatable bonds is 3. The van der Waals surface area contributed by atoms with Gasteiger partial charge in [0.25, 0.3) is 0 Å². The van der Waals surface area contributed by atoms with E-state index in [2.05, 4.69) is 9.71 Å². The highest BCUT2D eigenvalue weighted by atomic mass is 32.2. The second kappa shape index (κ2) is 7.88. The zero-order valence-electron chi connectivity index (χ0n) is 15.6. The molecule has 1 fully saturated rings. The minimum Gasteiger partial charge on any atom is -0.591 e. The lowest BCUT2D eigenvalue weighted by molar-refractivity contribution is 0.0491. The van der Waals surface area contributed by atoms with E-state index < -0.39 is 17.0 Å². The quantitative estimate of drug-likeness (QED) is 0.621. The van der Waals surface area contributed by atoms with Crippen LogP contribution < -0.4 is 5.32 Å². The van der Waals surface area contributed by atoms with Crippen LogP contribution in [-0.2, 0) is 16.1 Å². The largest absolute Gasteiger partial charge is 0.591 e. The smallest absolute Gasteiger partial charge is 0.407 e. The molecule has 1 N–H and O–H groups in total. The van der Waals surface area contributed by atoms with E-state index in [1.807, 2.05) is 48.5 Å². The molecule has 0 saturated heterocycles. The molecule has 0 aromatic heterocycles. The van der Waals surface area contributed by atoms with Gasteiger partial charge in [-0.3, -0.25) is 0 Å². The van der Waals surface area contributed by atoms with Crippen LogP contribution in [0.25, 0.3) is 0 Å². The first-order chi connectivity index (χ1) is 10.4. The van der Waals surface area contributed by atoms with E-state index in [4.69, 9.17) is 4.74 Å². The predicted molar refractivity (Wildman–Crippen MR) is 96.1 cm³/mol. The number of alkyl carbamates (subject to hydrolysis) is 1. The summed E-state index contributed by atoms with van der Waals surface area (Å²) >= 11 is -1.20. The molecule has 134 valence electrons. The van der Waals surface area contributed by atoms with Crippen LogP contribution >= 0.6 is 0 Å². The van der Waals surface area contributed by atoms with Crippen molar-refractivity contribution in [3.63, 3.8) is 0 Å². The maximum absolute atomic E-state index is 12.1. The molecule has 23 heavy (non-hydrogen) atoms. The number of amides is 1. The highest BCUT2D eigenvalue weighted by Gasteiger charge is 2.30. The third-order valence-electron chi connectivity index (χ3n) is 3.79. The summed E-state index contributed by atoms with van der Waals surface area (Å²) in [6, 6.07) is 0.155. The Balaban J connectivity index is 2.46. The van der Waals surface area contributed by atoms with Gasteiger partial charge in [0.1, 0.15) is 21.7 Å². The molecule has 1 aliphatic carbocycles. The van der Waals surface area contributed by atoms with E-state index >= 15 is 0 Å². The standard InChI is InChI=1S/C17H32N2O3S/c1-12(19-23(21)17(5,6)7)13-8-10-14(11-9-13)18-15(20)22-16(2,3)4/h13-14H,8-11H2,1-7H3,(H,18,20)/b19-12+/t13?,14?,23-/m1/s1. The summed E-state index contributed by atoms with van der Waals surface area (Å²) in [4.78, 5) is 11.8. The van der Waals surface area contributed by atoms with Crippen molar-refractivity contribution in [2.45, 2.75) is 90.5 Å². The van der Waals surface area contributed by atoms with E-state index in [0.717, 1.165) is 31.4 Å². The first-order valence-electron chi connectivity index (χ1n) is 8.35. The van der Waals surface area contributed by atoms with Gasteiger partial charge in [0.05, 0.1) is 5.71 Å². The Labute approximate surface area is 144 Å². The van der Waals surface area contributed by atoms with Gasteiger partial charge in [-0.25, -0.2) is 4.79 Å². The lowest BCUT2D eigenvalue weighted by atomic mass is 9.83. The molecule has 0 spiro atoms. The Bertz CT molecular complexity index is 430. The van der Waals surface area contributed by atoms with Gasteiger partial charge in [-0.15, -0.1) is 0 Å². The summed E-state index contributed by atoms with van der Waals surface area (Å²) in [6.45, 7) is 13.3. The Morgan fingerprint density at radius 1 is 1.13 bits per heavy atom. The second-order valence-electron chi connectivity index (χ2n) is 8.29. The molecule has 1 saturated carbocycles. The molecule has 1 rings (SSSR count). The number of carbonyl (C=O) groups is 1. The molecule has 5 nitrogen and oxygen atoms in total. The minimum atomic E-state index is -1.20. The molecule has 1 amide bonds. The van der Waals surface area contributed by atoms with E-state index in [0.29, 0.717) is 5.92 Å². The van der Waals surface area contributed by atoms with Gasteiger partial charge in [-0.05, 0) is 74.1 Å². The Kier molecular flexibility index (Phi) is 6.95. The molecule has 0 unspecified atom stereocenters. The van der Waals surface area contributed by atoms with Crippen LogP contribution in [0.3, 0.4) is 0 Å². The van der Waals surface area contributed by atoms with Crippen LogP contribution in [0, 0.1) is 5.92 Å². The van der Waals surface area contributed by atoms with Gasteiger partial charge < -0.3 is 14.6 Å². The van der Waals surface area contributed by atoms with Crippen LogP contribution in [-0.4, -0.2) is 32.7 Å². The highest BCUT2D eigenvalue weighted by Crippen LogP contribution is 2.27. The SMILES string of the molecule is C/C(=N\[S@+]([O-])C(C)(C)C)C1CCC(NC(=O)OC(C)(C)C)CC1. The first-order valence-corrected chi connectivity index (χ1v) is 9.46. The monoisotopic (exact) mass is 344 g/mol. The van der Waals surface area contributed by atoms with Gasteiger partial charge in [0.15, 0.2) is 0 Å². The highest BCUT2D eigenvalue weighted by molar-refractivity contribution is 7.91. The van der Waals surface area contributed by atoms with Crippen LogP contribution in [0.4, 0.5) is 4.79 Å². The van der Waals surface area contributed by atoms with Crippen molar-refractivity contribution in [1.29, 1.82) is 0 Å². The zero-order chi connectivity index (χ0) is 17.8. The van der Waals surface area contributed by atoms with Gasteiger partial charge in [0.2, 0.25) is 0 Å². The van der Waals surface area contributed by atoms with Gasteiger partial charge >= 0.3 is 6.09 Å². The molecule has 6 heteroatoms. The molecule has 0 radical (unpaired) electrons. The molecule has 0 heterocycles. The van der Waals surface area contributed by atoms with E-state index in [1.165, 1.54) is 0 Å². The summed E-state index contributed by atoms with van der Waals surface area (Å²) in [5.74, 6) is 0.359. The minimum absolute atomic E-state index is 0.155. The maximum Gasteiger partial charge on any atom is 0.407 e. The third kappa shape index (κ3) is 7.57. The first kappa shape index (κ1) is 20.3. The maximum atomic E-state index is 12.1. The molecule has 0 aromatic rings. The van der Waals surface area contributed by atoms with Crippen molar-refractivity contribution in [3.8, 4) is 0 Å². The van der Waals surface area contributed by atoms with Crippen LogP contribution in [0.2, 0.25) is 0 Å². The normalized spacial score (nSPS) is 25.0. The average molecular weight is 345 g/mol. The Morgan fingerprint density at radius 2 is 1.65 bits per heavy atom. The van der Waals surface area contributed by atoms with Crippen LogP contribution in [0.1, 0.15) is 74.1 Å². The van der Waals surface area contributed by atoms with Gasteiger partial charge in [-0.2, -0.15) is 0 Å². The molecule has 1 atom stereocenters. The van der Waals surface area contributed by atoms with Crippen molar-refractivity contribution in [2.24, 2.45) is 10.3 Å². The number of hydrogen-bond acceptors (Lipinski definition) is 4. The fourth-order valence-electron chi connectivity index (χ4n) is 2.47. The topological polar surface area (TPSA) is 73.8 Å². The molecule has 1 aliphatic rings. The molecule has 0 aromatic carbocycles. The van der Waals surface area contributed by atoms with E-state index in [9.17, 15) is 9.35 Å². The van der Waals surface area contributed by atoms with Crippen molar-refractivity contribution >= 4 is 23.2 Å². The number of nitrogens with one attached hydrogen (secondary N) is 1. The second-order valence-corrected chi connectivity index (χ2v) is 10.2. The number of hydrogen-bond donors (Lipinski definition) is 1. The summed E-state index contributed by atoms with van der Waals surface area (Å²) in [7, 11) is 0. The molecular formula is C17H32N2O3S. The number of ether oxygens (including phenoxy) is 1. The van der Waals surface area contributed by atoms with Crippen LogP contribution in [0.5, 0.6) is 0 Å². The van der Waals surface area contributed by atoms with Gasteiger partial charge in [0, 0.05) is 12.0 Å². The Morgan fingerprint density at radius 3 is 2.09 bits per heavy atom. The molecule has 0 bridgehead atoms.